The van der Waals surface area contributed by atoms with Crippen LogP contribution < -0.4 is 4.90 Å². The highest BCUT2D eigenvalue weighted by Crippen LogP contribution is 2.26. The maximum absolute atomic E-state index is 9.29. The second-order valence-corrected chi connectivity index (χ2v) is 7.09. The fraction of sp³-hybridized carbons (Fsp3) is 0.300. The Morgan fingerprint density at radius 3 is 2.75 bits per heavy atom. The quantitative estimate of drug-likeness (QED) is 0.669. The van der Waals surface area contributed by atoms with Crippen LogP contribution in [0.1, 0.15) is 24.4 Å². The molecule has 1 aliphatic rings. The summed E-state index contributed by atoms with van der Waals surface area (Å²) in [6.07, 6.45) is 1.72. The number of benzene rings is 1. The van der Waals surface area contributed by atoms with E-state index in [0.717, 1.165) is 37.6 Å². The van der Waals surface area contributed by atoms with Gasteiger partial charge in [0.1, 0.15) is 11.9 Å². The van der Waals surface area contributed by atoms with Gasteiger partial charge in [0, 0.05) is 43.0 Å². The molecular formula is C20H19ClN6O. The van der Waals surface area contributed by atoms with Gasteiger partial charge in [-0.1, -0.05) is 22.8 Å². The maximum atomic E-state index is 9.29. The predicted octanol–water partition coefficient (Wildman–Crippen LogP) is 3.54. The van der Waals surface area contributed by atoms with E-state index in [9.17, 15) is 5.26 Å². The third-order valence-electron chi connectivity index (χ3n) is 4.96. The molecule has 4 rings (SSSR count). The van der Waals surface area contributed by atoms with Crippen LogP contribution in [-0.4, -0.2) is 46.2 Å². The van der Waals surface area contributed by atoms with E-state index in [4.69, 9.17) is 16.1 Å². The molecule has 1 aromatic carbocycles. The van der Waals surface area contributed by atoms with Crippen molar-refractivity contribution < 1.29 is 4.52 Å². The molecule has 0 bridgehead atoms. The Morgan fingerprint density at radius 1 is 1.18 bits per heavy atom. The molecule has 3 heterocycles. The van der Waals surface area contributed by atoms with Gasteiger partial charge in [0.25, 0.3) is 5.89 Å². The zero-order valence-corrected chi connectivity index (χ0v) is 16.2. The van der Waals surface area contributed by atoms with Crippen LogP contribution in [0.4, 0.5) is 5.82 Å². The minimum atomic E-state index is 0.0259. The Hall–Kier alpha value is -2.95. The highest BCUT2D eigenvalue weighted by molar-refractivity contribution is 6.30. The van der Waals surface area contributed by atoms with E-state index in [0.29, 0.717) is 22.3 Å². The third-order valence-corrected chi connectivity index (χ3v) is 5.19. The van der Waals surface area contributed by atoms with Crippen LogP contribution in [0, 0.1) is 11.3 Å². The zero-order chi connectivity index (χ0) is 19.5. The van der Waals surface area contributed by atoms with Gasteiger partial charge in [0.2, 0.25) is 0 Å². The number of hydrogen-bond donors (Lipinski definition) is 0. The number of pyridine rings is 1. The summed E-state index contributed by atoms with van der Waals surface area (Å²) in [6, 6.07) is 13.2. The summed E-state index contributed by atoms with van der Waals surface area (Å²) < 4.78 is 5.44. The second-order valence-electron chi connectivity index (χ2n) is 6.65. The predicted molar refractivity (Wildman–Crippen MR) is 106 cm³/mol. The van der Waals surface area contributed by atoms with Gasteiger partial charge < -0.3 is 9.42 Å². The molecule has 3 aromatic rings. The molecule has 8 heteroatoms. The number of aromatic nitrogens is 3. The average Bonchev–Trinajstić information content (AvgIpc) is 3.24. The highest BCUT2D eigenvalue weighted by Gasteiger charge is 2.26. The zero-order valence-electron chi connectivity index (χ0n) is 15.4. The molecule has 2 aromatic heterocycles. The highest BCUT2D eigenvalue weighted by atomic mass is 35.5. The standard InChI is InChI=1S/C20H19ClN6O/c1-14(18-24-20(28-25-18)15-4-2-6-17(21)12-15)26-8-10-27(11-9-26)19-16(13-22)5-3-7-23-19/h2-7,12,14H,8-11H2,1H3. The van der Waals surface area contributed by atoms with E-state index in [1.165, 1.54) is 0 Å². The van der Waals surface area contributed by atoms with Crippen molar-refractivity contribution in [2.24, 2.45) is 0 Å². The van der Waals surface area contributed by atoms with Crippen LogP contribution in [0.3, 0.4) is 0 Å². The Morgan fingerprint density at radius 2 is 2.00 bits per heavy atom. The minimum Gasteiger partial charge on any atom is -0.353 e. The number of rotatable bonds is 4. The molecule has 28 heavy (non-hydrogen) atoms. The van der Waals surface area contributed by atoms with Gasteiger partial charge >= 0.3 is 0 Å². The Balaban J connectivity index is 1.43. The van der Waals surface area contributed by atoms with E-state index in [-0.39, 0.29) is 6.04 Å². The minimum absolute atomic E-state index is 0.0259. The average molecular weight is 395 g/mol. The van der Waals surface area contributed by atoms with Crippen LogP contribution in [0.2, 0.25) is 5.02 Å². The van der Waals surface area contributed by atoms with E-state index in [1.54, 1.807) is 18.3 Å². The van der Waals surface area contributed by atoms with Crippen molar-refractivity contribution in [3.05, 3.63) is 59.0 Å². The smallest absolute Gasteiger partial charge is 0.258 e. The molecule has 0 N–H and O–H groups in total. The molecule has 1 unspecified atom stereocenters. The van der Waals surface area contributed by atoms with Gasteiger partial charge in [-0.25, -0.2) is 4.98 Å². The number of anilines is 1. The summed E-state index contributed by atoms with van der Waals surface area (Å²) in [5.74, 6) is 1.87. The van der Waals surface area contributed by atoms with Crippen molar-refractivity contribution in [3.8, 4) is 17.5 Å². The van der Waals surface area contributed by atoms with E-state index in [2.05, 4.69) is 37.9 Å². The number of hydrogen-bond acceptors (Lipinski definition) is 7. The van der Waals surface area contributed by atoms with E-state index < -0.39 is 0 Å². The fourth-order valence-electron chi connectivity index (χ4n) is 3.36. The largest absolute Gasteiger partial charge is 0.353 e. The topological polar surface area (TPSA) is 82.1 Å². The summed E-state index contributed by atoms with van der Waals surface area (Å²) in [4.78, 5) is 13.4. The molecule has 0 saturated carbocycles. The molecular weight excluding hydrogens is 376 g/mol. The summed E-state index contributed by atoms with van der Waals surface area (Å²) in [6.45, 7) is 5.29. The van der Waals surface area contributed by atoms with E-state index >= 15 is 0 Å². The maximum Gasteiger partial charge on any atom is 0.258 e. The second kappa shape index (κ2) is 7.97. The first kappa shape index (κ1) is 18.4. The lowest BCUT2D eigenvalue weighted by molar-refractivity contribution is 0.188. The summed E-state index contributed by atoms with van der Waals surface area (Å²) >= 11 is 6.04. The molecule has 7 nitrogen and oxygen atoms in total. The fourth-order valence-corrected chi connectivity index (χ4v) is 3.55. The van der Waals surface area contributed by atoms with Gasteiger partial charge in [0.05, 0.1) is 11.6 Å². The van der Waals surface area contributed by atoms with Crippen molar-refractivity contribution in [2.75, 3.05) is 31.1 Å². The summed E-state index contributed by atoms with van der Waals surface area (Å²) in [7, 11) is 0. The molecule has 0 radical (unpaired) electrons. The lowest BCUT2D eigenvalue weighted by atomic mass is 10.2. The van der Waals surface area contributed by atoms with Gasteiger partial charge in [0.15, 0.2) is 5.82 Å². The number of nitrogens with zero attached hydrogens (tertiary/aromatic N) is 6. The lowest BCUT2D eigenvalue weighted by Gasteiger charge is -2.37. The SMILES string of the molecule is CC(c1noc(-c2cccc(Cl)c2)n1)N1CCN(c2ncccc2C#N)CC1. The Kier molecular flexibility index (Phi) is 5.24. The molecule has 0 aliphatic carbocycles. The van der Waals surface area contributed by atoms with E-state index in [1.807, 2.05) is 24.3 Å². The van der Waals surface area contributed by atoms with Crippen LogP contribution in [0.15, 0.2) is 47.1 Å². The van der Waals surface area contributed by atoms with Crippen molar-refractivity contribution >= 4 is 17.4 Å². The third kappa shape index (κ3) is 3.70. The molecule has 142 valence electrons. The van der Waals surface area contributed by atoms with Crippen LogP contribution >= 0.6 is 11.6 Å². The molecule has 1 saturated heterocycles. The Labute approximate surface area is 168 Å². The number of nitriles is 1. The van der Waals surface area contributed by atoms with Gasteiger partial charge in [-0.3, -0.25) is 4.90 Å². The molecule has 0 amide bonds. The molecule has 0 spiro atoms. The van der Waals surface area contributed by atoms with Crippen molar-refractivity contribution in [2.45, 2.75) is 13.0 Å². The number of piperazine rings is 1. The lowest BCUT2D eigenvalue weighted by Crippen LogP contribution is -2.47. The van der Waals surface area contributed by atoms with Crippen molar-refractivity contribution in [3.63, 3.8) is 0 Å². The first-order chi connectivity index (χ1) is 13.7. The monoisotopic (exact) mass is 394 g/mol. The van der Waals surface area contributed by atoms with Crippen molar-refractivity contribution in [1.82, 2.24) is 20.0 Å². The number of halogens is 1. The van der Waals surface area contributed by atoms with Crippen LogP contribution in [0.5, 0.6) is 0 Å². The Bertz CT molecular complexity index is 1010. The summed E-state index contributed by atoms with van der Waals surface area (Å²) in [5, 5.41) is 14.1. The molecule has 1 fully saturated rings. The van der Waals surface area contributed by atoms with Gasteiger partial charge in [-0.05, 0) is 37.3 Å². The van der Waals surface area contributed by atoms with Gasteiger partial charge in [-0.2, -0.15) is 10.2 Å². The first-order valence-corrected chi connectivity index (χ1v) is 9.47. The molecule has 1 atom stereocenters. The molecule has 1 aliphatic heterocycles. The van der Waals surface area contributed by atoms with Crippen LogP contribution in [0.25, 0.3) is 11.5 Å². The van der Waals surface area contributed by atoms with Gasteiger partial charge in [-0.15, -0.1) is 0 Å². The van der Waals surface area contributed by atoms with Crippen LogP contribution in [-0.2, 0) is 0 Å². The first-order valence-electron chi connectivity index (χ1n) is 9.09. The summed E-state index contributed by atoms with van der Waals surface area (Å²) in [5.41, 5.74) is 1.41. The normalized spacial score (nSPS) is 16.0. The van der Waals surface area contributed by atoms with Crippen molar-refractivity contribution in [1.29, 1.82) is 5.26 Å².